The molecule has 3 heterocycles. The zero-order chi connectivity index (χ0) is 20.5. The topological polar surface area (TPSA) is 95.5 Å². The van der Waals surface area contributed by atoms with Gasteiger partial charge in [0.2, 0.25) is 0 Å². The van der Waals surface area contributed by atoms with Crippen molar-refractivity contribution in [1.82, 2.24) is 20.2 Å². The molecular formula is C21H23N5O3. The van der Waals surface area contributed by atoms with E-state index in [1.165, 1.54) is 23.5 Å². The number of urea groups is 1. The van der Waals surface area contributed by atoms with Gasteiger partial charge in [-0.1, -0.05) is 26.0 Å². The number of aromatic nitrogens is 2. The first-order valence-corrected chi connectivity index (χ1v) is 9.77. The smallest absolute Gasteiger partial charge is 0.332 e. The lowest BCUT2D eigenvalue weighted by molar-refractivity contribution is -0.120. The monoisotopic (exact) mass is 393 g/mol. The van der Waals surface area contributed by atoms with Crippen molar-refractivity contribution in [1.29, 1.82) is 0 Å². The fourth-order valence-electron chi connectivity index (χ4n) is 3.85. The van der Waals surface area contributed by atoms with E-state index in [0.717, 1.165) is 5.56 Å². The summed E-state index contributed by atoms with van der Waals surface area (Å²) in [6, 6.07) is 6.46. The molecule has 0 saturated carbocycles. The molecule has 4 rings (SSSR count). The van der Waals surface area contributed by atoms with E-state index in [1.807, 2.05) is 24.3 Å². The van der Waals surface area contributed by atoms with Gasteiger partial charge in [0.1, 0.15) is 11.7 Å². The number of nitrogens with zero attached hydrogens (tertiary/aromatic N) is 4. The van der Waals surface area contributed by atoms with E-state index in [0.29, 0.717) is 31.0 Å². The molecule has 8 nitrogen and oxygen atoms in total. The highest BCUT2D eigenvalue weighted by atomic mass is 16.2. The molecule has 150 valence electrons. The van der Waals surface area contributed by atoms with Crippen LogP contribution in [-0.4, -0.2) is 51.3 Å². The summed E-state index contributed by atoms with van der Waals surface area (Å²) in [6.45, 7) is 4.61. The highest BCUT2D eigenvalue weighted by Crippen LogP contribution is 2.31. The number of nitrogens with one attached hydrogen (secondary N) is 1. The van der Waals surface area contributed by atoms with Gasteiger partial charge >= 0.3 is 6.03 Å². The highest BCUT2D eigenvalue weighted by molar-refractivity contribution is 6.21. The first kappa shape index (κ1) is 19.0. The molecule has 0 bridgehead atoms. The van der Waals surface area contributed by atoms with Crippen LogP contribution in [0.5, 0.6) is 0 Å². The Hall–Kier alpha value is -3.29. The van der Waals surface area contributed by atoms with Crippen molar-refractivity contribution in [3.63, 3.8) is 0 Å². The maximum absolute atomic E-state index is 13.0. The van der Waals surface area contributed by atoms with Crippen LogP contribution in [0.4, 0.5) is 10.5 Å². The van der Waals surface area contributed by atoms with Gasteiger partial charge in [-0.05, 0) is 36.5 Å². The van der Waals surface area contributed by atoms with Gasteiger partial charge in [0, 0.05) is 25.0 Å². The second kappa shape index (κ2) is 7.62. The lowest BCUT2D eigenvalue weighted by Gasteiger charge is -2.32. The van der Waals surface area contributed by atoms with Crippen molar-refractivity contribution >= 4 is 23.5 Å². The van der Waals surface area contributed by atoms with Crippen molar-refractivity contribution < 1.29 is 14.4 Å². The molecule has 2 aliphatic heterocycles. The Morgan fingerprint density at radius 3 is 2.59 bits per heavy atom. The van der Waals surface area contributed by atoms with E-state index in [-0.39, 0.29) is 29.6 Å². The van der Waals surface area contributed by atoms with E-state index in [1.54, 1.807) is 4.90 Å². The van der Waals surface area contributed by atoms with Crippen molar-refractivity contribution in [2.75, 3.05) is 11.4 Å². The van der Waals surface area contributed by atoms with E-state index >= 15 is 0 Å². The lowest BCUT2D eigenvalue weighted by Crippen LogP contribution is -2.49. The minimum Gasteiger partial charge on any atom is -0.348 e. The minimum atomic E-state index is -0.562. The Labute approximate surface area is 168 Å². The lowest BCUT2D eigenvalue weighted by atomic mass is 9.97. The number of piperidine rings is 1. The fraction of sp³-hybridized carbons (Fsp3) is 0.381. The number of amides is 4. The second-order valence-corrected chi connectivity index (χ2v) is 7.70. The van der Waals surface area contributed by atoms with E-state index in [2.05, 4.69) is 29.1 Å². The molecule has 1 N–H and O–H groups in total. The number of carbonyl (C=O) groups excluding carboxylic acids is 3. The minimum absolute atomic E-state index is 0.203. The van der Waals surface area contributed by atoms with Crippen LogP contribution in [0.3, 0.4) is 0 Å². The molecule has 2 atom stereocenters. The Morgan fingerprint density at radius 1 is 1.17 bits per heavy atom. The first-order valence-electron chi connectivity index (χ1n) is 9.77. The molecule has 2 saturated heterocycles. The maximum Gasteiger partial charge on any atom is 0.332 e. The Kier molecular flexibility index (Phi) is 5.00. The molecule has 4 amide bonds. The van der Waals surface area contributed by atoms with Crippen molar-refractivity contribution in [2.24, 2.45) is 0 Å². The van der Waals surface area contributed by atoms with Crippen LogP contribution < -0.4 is 10.2 Å². The van der Waals surface area contributed by atoms with Crippen LogP contribution in [0, 0.1) is 0 Å². The maximum atomic E-state index is 13.0. The summed E-state index contributed by atoms with van der Waals surface area (Å²) in [5, 5.41) is 2.91. The number of hydrogen-bond acceptors (Lipinski definition) is 5. The summed E-state index contributed by atoms with van der Waals surface area (Å²) < 4.78 is 0. The summed E-state index contributed by atoms with van der Waals surface area (Å²) in [5.74, 6) is -0.195. The van der Waals surface area contributed by atoms with Gasteiger partial charge < -0.3 is 10.2 Å². The zero-order valence-electron chi connectivity index (χ0n) is 16.4. The molecule has 1 aromatic heterocycles. The van der Waals surface area contributed by atoms with Crippen molar-refractivity contribution in [2.45, 2.75) is 44.7 Å². The van der Waals surface area contributed by atoms with Crippen LogP contribution in [0.25, 0.3) is 0 Å². The SMILES string of the molecule is CC(C)c1ccc(N2C(=O)[C@H]3C[C@@H](NC(=O)c4cnccn4)CCN3C2=O)cc1. The molecular weight excluding hydrogens is 370 g/mol. The van der Waals surface area contributed by atoms with E-state index in [4.69, 9.17) is 0 Å². The van der Waals surface area contributed by atoms with Crippen LogP contribution in [0.2, 0.25) is 0 Å². The number of carbonyl (C=O) groups is 3. The molecule has 29 heavy (non-hydrogen) atoms. The van der Waals surface area contributed by atoms with Crippen LogP contribution in [-0.2, 0) is 4.79 Å². The predicted molar refractivity (Wildman–Crippen MR) is 106 cm³/mol. The average Bonchev–Trinajstić information content (AvgIpc) is 2.98. The van der Waals surface area contributed by atoms with Gasteiger partial charge in [0.15, 0.2) is 0 Å². The predicted octanol–water partition coefficient (Wildman–Crippen LogP) is 2.33. The van der Waals surface area contributed by atoms with Gasteiger partial charge in [-0.2, -0.15) is 0 Å². The molecule has 0 aliphatic carbocycles. The molecule has 2 fully saturated rings. The van der Waals surface area contributed by atoms with Gasteiger partial charge in [-0.3, -0.25) is 14.6 Å². The van der Waals surface area contributed by atoms with Crippen molar-refractivity contribution in [3.8, 4) is 0 Å². The molecule has 8 heteroatoms. The summed E-state index contributed by atoms with van der Waals surface area (Å²) >= 11 is 0. The van der Waals surface area contributed by atoms with Gasteiger partial charge in [-0.25, -0.2) is 14.7 Å². The summed E-state index contributed by atoms with van der Waals surface area (Å²) in [4.78, 5) is 48.9. The number of rotatable bonds is 4. The molecule has 2 aromatic rings. The third kappa shape index (κ3) is 3.57. The molecule has 0 spiro atoms. The molecule has 0 unspecified atom stereocenters. The number of benzene rings is 1. The number of fused-ring (bicyclic) bond motifs is 1. The third-order valence-corrected chi connectivity index (χ3v) is 5.49. The Balaban J connectivity index is 1.47. The Morgan fingerprint density at radius 2 is 1.93 bits per heavy atom. The normalized spacial score (nSPS) is 21.5. The molecule has 1 aromatic carbocycles. The zero-order valence-corrected chi connectivity index (χ0v) is 16.4. The quantitative estimate of drug-likeness (QED) is 0.805. The molecule has 0 radical (unpaired) electrons. The Bertz CT molecular complexity index is 929. The van der Waals surface area contributed by atoms with Gasteiger partial charge in [0.05, 0.1) is 11.9 Å². The molecule has 2 aliphatic rings. The standard InChI is InChI=1S/C21H23N5O3/c1-13(2)14-3-5-16(6-4-14)26-20(28)18-11-15(7-10-25(18)21(26)29)24-19(27)17-12-22-8-9-23-17/h3-6,8-9,12-13,15,18H,7,10-11H2,1-2H3,(H,24,27)/t15-,18+/m0/s1. The van der Waals surface area contributed by atoms with Crippen LogP contribution >= 0.6 is 0 Å². The largest absolute Gasteiger partial charge is 0.348 e. The fourth-order valence-corrected chi connectivity index (χ4v) is 3.85. The van der Waals surface area contributed by atoms with Gasteiger partial charge in [0.25, 0.3) is 11.8 Å². The average molecular weight is 393 g/mol. The van der Waals surface area contributed by atoms with E-state index < -0.39 is 6.04 Å². The summed E-state index contributed by atoms with van der Waals surface area (Å²) in [6.07, 6.45) is 5.33. The van der Waals surface area contributed by atoms with E-state index in [9.17, 15) is 14.4 Å². The summed E-state index contributed by atoms with van der Waals surface area (Å²) in [5.41, 5.74) is 1.96. The van der Waals surface area contributed by atoms with Gasteiger partial charge in [-0.15, -0.1) is 0 Å². The second-order valence-electron chi connectivity index (χ2n) is 7.70. The van der Waals surface area contributed by atoms with Crippen LogP contribution in [0.15, 0.2) is 42.9 Å². The number of hydrogen-bond donors (Lipinski definition) is 1. The third-order valence-electron chi connectivity index (χ3n) is 5.49. The first-order chi connectivity index (χ1) is 14.0. The summed E-state index contributed by atoms with van der Waals surface area (Å²) in [7, 11) is 0. The number of anilines is 1. The number of imide groups is 1. The van der Waals surface area contributed by atoms with Crippen molar-refractivity contribution in [3.05, 3.63) is 54.1 Å². The van der Waals surface area contributed by atoms with Crippen LogP contribution in [0.1, 0.15) is 48.7 Å². The highest BCUT2D eigenvalue weighted by Gasteiger charge is 2.48.